The van der Waals surface area contributed by atoms with Crippen molar-refractivity contribution >= 4 is 30.0 Å². The summed E-state index contributed by atoms with van der Waals surface area (Å²) in [4.78, 5) is 72.4. The van der Waals surface area contributed by atoms with E-state index in [0.717, 1.165) is 11.1 Å². The van der Waals surface area contributed by atoms with Crippen LogP contribution in [0, 0.1) is 47.3 Å². The summed E-state index contributed by atoms with van der Waals surface area (Å²) in [7, 11) is 0. The van der Waals surface area contributed by atoms with Gasteiger partial charge in [0.05, 0.1) is 41.6 Å². The third kappa shape index (κ3) is 20.2. The van der Waals surface area contributed by atoms with E-state index >= 15 is 0 Å². The second kappa shape index (κ2) is 36.9. The third-order valence-corrected chi connectivity index (χ3v) is 20.0. The molecule has 20 atom stereocenters. The summed E-state index contributed by atoms with van der Waals surface area (Å²) in [6.45, 7) is 18.0. The number of carbonyl (C=O) groups excluding carboxylic acids is 5. The van der Waals surface area contributed by atoms with Gasteiger partial charge in [-0.2, -0.15) is 0 Å². The van der Waals surface area contributed by atoms with Crippen LogP contribution in [-0.2, 0) is 79.5 Å². The molecule has 4 fully saturated rings. The first-order chi connectivity index (χ1) is 47.4. The highest BCUT2D eigenvalue weighted by molar-refractivity contribution is 5.90. The Hall–Kier alpha value is -7.76. The van der Waals surface area contributed by atoms with E-state index in [1.807, 2.05) is 94.4 Å². The van der Waals surface area contributed by atoms with Gasteiger partial charge in [-0.1, -0.05) is 189 Å². The Morgan fingerprint density at radius 2 is 0.898 bits per heavy atom. The standard InChI is InChI=1S/C76H96N4O18/c1-47-49(3)62(44-88-69(82)58-33-21-14-22-34-58)92-72(53(47)7)90-45-63-51(5)52(6)66(96-71(84)60-37-25-16-26-38-60)75(94-63)98-68-65(78-79-77)74(86-40-28-11-10-27-39-80(41-56-29-17-12-18-30-56)76(85)91-42-57-31-19-13-20-32-57)95-64(46-89-70(83)59-35-23-15-24-36-59)67(68)97-73-54(8)48(2)50(4)61(93-73)43-87-55(9)81/h12-26,29-38,47-54,61-68,72-75H,10-11,27-28,39-46H2,1-9H3/t47-,48-,49-,50-,51-,52-,53?,54?,61?,62?,63?,64?,65?,66?,67-,68+,72-,73+,74-,75-/m0/s1. The molecule has 0 saturated carbocycles. The van der Waals surface area contributed by atoms with Crippen molar-refractivity contribution in [3.05, 3.63) is 190 Å². The molecule has 98 heavy (non-hydrogen) atoms. The molecule has 22 heteroatoms. The number of benzene rings is 5. The zero-order valence-corrected chi connectivity index (χ0v) is 57.6. The Morgan fingerprint density at radius 1 is 0.439 bits per heavy atom. The van der Waals surface area contributed by atoms with Crippen LogP contribution in [0.5, 0.6) is 0 Å². The molecule has 0 spiro atoms. The van der Waals surface area contributed by atoms with Crippen LogP contribution >= 0.6 is 0 Å². The number of hydrogen-bond acceptors (Lipinski definition) is 19. The second-order valence-electron chi connectivity index (χ2n) is 26.5. The van der Waals surface area contributed by atoms with E-state index in [0.29, 0.717) is 44.3 Å². The minimum absolute atomic E-state index is 0.000862. The smallest absolute Gasteiger partial charge is 0.410 e. The van der Waals surface area contributed by atoms with Crippen molar-refractivity contribution in [1.82, 2.24) is 4.90 Å². The molecule has 0 N–H and O–H groups in total. The van der Waals surface area contributed by atoms with Crippen molar-refractivity contribution in [2.75, 3.05) is 39.6 Å². The molecule has 528 valence electrons. The largest absolute Gasteiger partial charge is 0.463 e. The average Bonchev–Trinajstić information content (AvgIpc) is 0.768. The monoisotopic (exact) mass is 1350 g/mol. The maximum absolute atomic E-state index is 14.4. The second-order valence-corrected chi connectivity index (χ2v) is 26.5. The topological polar surface area (TPSA) is 257 Å². The summed E-state index contributed by atoms with van der Waals surface area (Å²) >= 11 is 0. The van der Waals surface area contributed by atoms with Gasteiger partial charge in [0, 0.05) is 49.3 Å². The van der Waals surface area contributed by atoms with Gasteiger partial charge in [0.1, 0.15) is 50.8 Å². The summed E-state index contributed by atoms with van der Waals surface area (Å²) in [5.41, 5.74) is 13.5. The molecule has 0 aromatic heterocycles. The maximum atomic E-state index is 14.4. The molecule has 8 unspecified atom stereocenters. The lowest BCUT2D eigenvalue weighted by Gasteiger charge is -2.51. The Labute approximate surface area is 575 Å². The van der Waals surface area contributed by atoms with Gasteiger partial charge in [-0.3, -0.25) is 4.79 Å². The summed E-state index contributed by atoms with van der Waals surface area (Å²) in [5.74, 6) is -3.61. The van der Waals surface area contributed by atoms with Gasteiger partial charge in [-0.15, -0.1) is 0 Å². The number of nitrogens with zero attached hydrogens (tertiary/aromatic N) is 4. The predicted molar refractivity (Wildman–Crippen MR) is 360 cm³/mol. The number of carbonyl (C=O) groups is 5. The summed E-state index contributed by atoms with van der Waals surface area (Å²) in [5, 5.41) is 4.37. The van der Waals surface area contributed by atoms with E-state index in [-0.39, 0.29) is 85.6 Å². The van der Waals surface area contributed by atoms with Gasteiger partial charge in [-0.25, -0.2) is 19.2 Å². The Kier molecular flexibility index (Phi) is 28.0. The highest BCUT2D eigenvalue weighted by Gasteiger charge is 2.55. The SMILES string of the molecule is CC(=O)OCC1O[C@H](O[C@H]2C(COC(=O)c3ccccc3)O[C@H](OCCCCCCN(Cc3ccccc3)C(=O)OCc3ccccc3)C(N=[N+]=[N-])[C@H]2O[C@@H]2OC(CO[C@H]3OC(COC(=O)c4ccccc4)[C@@H](C)[C@H](C)C3C)[C@@H](C)[C@H](C)C2OC(=O)c2ccccc2)C(C)[C@@H](C)[C@@H]1C. The molecule has 4 saturated heterocycles. The predicted octanol–water partition coefficient (Wildman–Crippen LogP) is 13.4. The van der Waals surface area contributed by atoms with Crippen LogP contribution < -0.4 is 0 Å². The van der Waals surface area contributed by atoms with Crippen LogP contribution in [0.1, 0.15) is 130 Å². The lowest BCUT2D eigenvalue weighted by molar-refractivity contribution is -0.362. The van der Waals surface area contributed by atoms with E-state index < -0.39 is 116 Å². The minimum Gasteiger partial charge on any atom is -0.463 e. The summed E-state index contributed by atoms with van der Waals surface area (Å²) in [6.07, 6.45) is -9.42. The zero-order valence-electron chi connectivity index (χ0n) is 57.6. The van der Waals surface area contributed by atoms with Crippen molar-refractivity contribution in [2.24, 2.45) is 52.5 Å². The first kappa shape index (κ1) is 74.5. The van der Waals surface area contributed by atoms with Crippen molar-refractivity contribution in [3.63, 3.8) is 0 Å². The highest BCUT2D eigenvalue weighted by Crippen LogP contribution is 2.43. The van der Waals surface area contributed by atoms with Gasteiger partial charge in [0.25, 0.3) is 0 Å². The summed E-state index contributed by atoms with van der Waals surface area (Å²) < 4.78 is 84.9. The highest BCUT2D eigenvalue weighted by atomic mass is 16.8. The molecule has 0 radical (unpaired) electrons. The molecular weight excluding hydrogens is 1260 g/mol. The molecule has 4 heterocycles. The fourth-order valence-electron chi connectivity index (χ4n) is 13.0. The molecule has 5 aromatic carbocycles. The molecule has 0 aliphatic carbocycles. The van der Waals surface area contributed by atoms with Crippen molar-refractivity contribution in [1.29, 1.82) is 0 Å². The van der Waals surface area contributed by atoms with E-state index in [4.69, 9.17) is 61.6 Å². The van der Waals surface area contributed by atoms with Gasteiger partial charge in [0.15, 0.2) is 31.3 Å². The van der Waals surface area contributed by atoms with Crippen molar-refractivity contribution in [3.8, 4) is 0 Å². The molecule has 22 nitrogen and oxygen atoms in total. The third-order valence-electron chi connectivity index (χ3n) is 20.0. The first-order valence-corrected chi connectivity index (χ1v) is 34.4. The number of ether oxygens (including phenoxy) is 13. The van der Waals surface area contributed by atoms with Gasteiger partial charge >= 0.3 is 30.0 Å². The number of rotatable bonds is 30. The first-order valence-electron chi connectivity index (χ1n) is 34.4. The van der Waals surface area contributed by atoms with Gasteiger partial charge < -0.3 is 66.5 Å². The van der Waals surface area contributed by atoms with Crippen LogP contribution in [0.3, 0.4) is 0 Å². The van der Waals surface area contributed by atoms with Crippen molar-refractivity contribution in [2.45, 2.75) is 175 Å². The van der Waals surface area contributed by atoms with E-state index in [9.17, 15) is 29.5 Å². The molecule has 9 rings (SSSR count). The number of unbranched alkanes of at least 4 members (excludes halogenated alkanes) is 3. The number of azide groups is 1. The number of amides is 1. The Bertz CT molecular complexity index is 3340. The van der Waals surface area contributed by atoms with Crippen LogP contribution in [0.2, 0.25) is 0 Å². The van der Waals surface area contributed by atoms with Crippen LogP contribution in [0.4, 0.5) is 4.79 Å². The minimum atomic E-state index is -1.44. The number of esters is 4. The Morgan fingerprint density at radius 3 is 1.47 bits per heavy atom. The Balaban J connectivity index is 1.00. The van der Waals surface area contributed by atoms with Crippen LogP contribution in [0.25, 0.3) is 10.4 Å². The van der Waals surface area contributed by atoms with Crippen LogP contribution in [-0.4, -0.2) is 148 Å². The molecular formula is C76H96N4O18. The molecule has 1 amide bonds. The van der Waals surface area contributed by atoms with Crippen LogP contribution in [0.15, 0.2) is 157 Å². The lowest BCUT2D eigenvalue weighted by Crippen LogP contribution is -2.65. The van der Waals surface area contributed by atoms with Crippen molar-refractivity contribution < 1.29 is 85.6 Å². The van der Waals surface area contributed by atoms with Gasteiger partial charge in [-0.05, 0) is 95.5 Å². The van der Waals surface area contributed by atoms with E-state index in [1.165, 1.54) is 6.92 Å². The normalized spacial score (nSPS) is 30.0. The molecule has 0 bridgehead atoms. The maximum Gasteiger partial charge on any atom is 0.410 e. The lowest BCUT2D eigenvalue weighted by atomic mass is 9.79. The molecule has 4 aliphatic rings. The fourth-order valence-corrected chi connectivity index (χ4v) is 13.0. The number of hydrogen-bond donors (Lipinski definition) is 0. The molecule has 5 aromatic rings. The van der Waals surface area contributed by atoms with E-state index in [2.05, 4.69) is 37.7 Å². The van der Waals surface area contributed by atoms with Gasteiger partial charge in [0.2, 0.25) is 0 Å². The fraction of sp³-hybridized carbons (Fsp3) is 0.539. The molecule has 4 aliphatic heterocycles. The average molecular weight is 1350 g/mol. The zero-order chi connectivity index (χ0) is 69.7. The van der Waals surface area contributed by atoms with E-state index in [1.54, 1.807) is 89.8 Å². The summed E-state index contributed by atoms with van der Waals surface area (Å²) in [6, 6.07) is 43.7. The quantitative estimate of drug-likeness (QED) is 0.0103.